The van der Waals surface area contributed by atoms with Crippen LogP contribution in [0.25, 0.3) is 0 Å². The second-order valence-corrected chi connectivity index (χ2v) is 11.0. The van der Waals surface area contributed by atoms with E-state index < -0.39 is 10.0 Å². The number of nitrogens with one attached hydrogen (secondary N) is 2. The number of carbonyl (C=O) groups excluding carboxylic acids is 1. The molecule has 2 saturated heterocycles. The van der Waals surface area contributed by atoms with E-state index in [0.29, 0.717) is 18.8 Å². The van der Waals surface area contributed by atoms with Crippen molar-refractivity contribution in [1.82, 2.24) is 4.31 Å². The van der Waals surface area contributed by atoms with E-state index in [1.807, 2.05) is 31.2 Å². The molecular weight excluding hydrogens is 452 g/mol. The van der Waals surface area contributed by atoms with Crippen LogP contribution in [-0.2, 0) is 14.8 Å². The van der Waals surface area contributed by atoms with Gasteiger partial charge in [-0.3, -0.25) is 4.79 Å². The van der Waals surface area contributed by atoms with Crippen molar-refractivity contribution in [3.05, 3.63) is 48.0 Å². The van der Waals surface area contributed by atoms with Gasteiger partial charge in [0.1, 0.15) is 0 Å². The number of para-hydroxylation sites is 2. The third-order valence-electron chi connectivity index (χ3n) is 6.58. The fourth-order valence-electron chi connectivity index (χ4n) is 4.53. The van der Waals surface area contributed by atoms with Gasteiger partial charge in [0.2, 0.25) is 15.9 Å². The normalized spacial score (nSPS) is 18.0. The van der Waals surface area contributed by atoms with Crippen LogP contribution in [0.3, 0.4) is 0 Å². The lowest BCUT2D eigenvalue weighted by Crippen LogP contribution is -2.36. The molecule has 0 aliphatic carbocycles. The molecule has 9 heteroatoms. The Balaban J connectivity index is 1.42. The van der Waals surface area contributed by atoms with Gasteiger partial charge in [0, 0.05) is 31.9 Å². The molecule has 2 aliphatic heterocycles. The molecule has 2 fully saturated rings. The van der Waals surface area contributed by atoms with Crippen molar-refractivity contribution in [1.29, 1.82) is 0 Å². The number of aliphatic hydroxyl groups excluding tert-OH is 1. The molecule has 0 saturated carbocycles. The first-order valence-corrected chi connectivity index (χ1v) is 13.4. The number of hydrogen-bond donors (Lipinski definition) is 3. The molecule has 4 rings (SSSR count). The maximum Gasteiger partial charge on any atom is 0.243 e. The number of benzene rings is 2. The minimum absolute atomic E-state index is 0.0516. The zero-order valence-corrected chi connectivity index (χ0v) is 20.5. The van der Waals surface area contributed by atoms with Crippen molar-refractivity contribution in [2.24, 2.45) is 0 Å². The van der Waals surface area contributed by atoms with Crippen molar-refractivity contribution < 1.29 is 18.3 Å². The fraction of sp³-hybridized carbons (Fsp3) is 0.480. The number of aryl methyl sites for hydroxylation is 1. The quantitative estimate of drug-likeness (QED) is 0.556. The predicted octanol–water partition coefficient (Wildman–Crippen LogP) is 3.18. The molecule has 184 valence electrons. The number of nitrogens with zero attached hydrogens (tertiary/aromatic N) is 2. The smallest absolute Gasteiger partial charge is 0.243 e. The van der Waals surface area contributed by atoms with E-state index in [-0.39, 0.29) is 23.5 Å². The third kappa shape index (κ3) is 5.71. The Labute approximate surface area is 202 Å². The van der Waals surface area contributed by atoms with Crippen molar-refractivity contribution in [3.63, 3.8) is 0 Å². The molecular formula is C25H34N4O4S. The van der Waals surface area contributed by atoms with Gasteiger partial charge in [0.25, 0.3) is 0 Å². The van der Waals surface area contributed by atoms with Crippen molar-refractivity contribution in [3.8, 4) is 0 Å². The maximum atomic E-state index is 13.0. The lowest BCUT2D eigenvalue weighted by atomic mass is 10.1. The maximum absolute atomic E-state index is 13.0. The number of piperidine rings is 2. The highest BCUT2D eigenvalue weighted by Crippen LogP contribution is 2.29. The summed E-state index contributed by atoms with van der Waals surface area (Å²) in [6.45, 7) is 4.51. The second kappa shape index (κ2) is 10.8. The SMILES string of the molecule is Cc1ccc(S(=O)(=O)N2CCCCC2)cc1NC(=O)CNc1ccccc1N1CCC(O)CC1. The number of sulfonamides is 1. The fourth-order valence-corrected chi connectivity index (χ4v) is 6.07. The van der Waals surface area contributed by atoms with Crippen molar-refractivity contribution in [2.75, 3.05) is 48.3 Å². The van der Waals surface area contributed by atoms with Gasteiger partial charge in [-0.05, 0) is 62.4 Å². The number of carbonyl (C=O) groups is 1. The van der Waals surface area contributed by atoms with Gasteiger partial charge in [-0.1, -0.05) is 24.6 Å². The molecule has 0 unspecified atom stereocenters. The van der Waals surface area contributed by atoms with E-state index in [0.717, 1.165) is 62.1 Å². The average molecular weight is 487 g/mol. The summed E-state index contributed by atoms with van der Waals surface area (Å²) in [5.74, 6) is -0.250. The van der Waals surface area contributed by atoms with Gasteiger partial charge in [0.15, 0.2) is 0 Å². The van der Waals surface area contributed by atoms with Gasteiger partial charge in [-0.25, -0.2) is 8.42 Å². The molecule has 8 nitrogen and oxygen atoms in total. The Hall–Kier alpha value is -2.62. The van der Waals surface area contributed by atoms with E-state index in [1.54, 1.807) is 18.2 Å². The largest absolute Gasteiger partial charge is 0.393 e. The lowest BCUT2D eigenvalue weighted by molar-refractivity contribution is -0.114. The zero-order chi connectivity index (χ0) is 24.1. The molecule has 2 aromatic carbocycles. The number of amides is 1. The summed E-state index contributed by atoms with van der Waals surface area (Å²) in [5.41, 5.74) is 3.17. The minimum atomic E-state index is -3.57. The van der Waals surface area contributed by atoms with Crippen LogP contribution in [0.1, 0.15) is 37.7 Å². The Morgan fingerprint density at radius 2 is 1.71 bits per heavy atom. The first-order chi connectivity index (χ1) is 16.3. The topological polar surface area (TPSA) is 102 Å². The van der Waals surface area contributed by atoms with E-state index in [4.69, 9.17) is 0 Å². The van der Waals surface area contributed by atoms with Crippen LogP contribution in [-0.4, -0.2) is 62.6 Å². The van der Waals surface area contributed by atoms with Crippen LogP contribution < -0.4 is 15.5 Å². The Kier molecular flexibility index (Phi) is 7.75. The third-order valence-corrected chi connectivity index (χ3v) is 8.48. The highest BCUT2D eigenvalue weighted by Gasteiger charge is 2.26. The van der Waals surface area contributed by atoms with Crippen LogP contribution in [0.5, 0.6) is 0 Å². The predicted molar refractivity (Wildman–Crippen MR) is 135 cm³/mol. The van der Waals surface area contributed by atoms with Crippen LogP contribution in [0, 0.1) is 6.92 Å². The number of aliphatic hydroxyl groups is 1. The molecule has 0 radical (unpaired) electrons. The van der Waals surface area contributed by atoms with Crippen LogP contribution in [0.15, 0.2) is 47.4 Å². The van der Waals surface area contributed by atoms with Crippen molar-refractivity contribution >= 4 is 33.0 Å². The highest BCUT2D eigenvalue weighted by molar-refractivity contribution is 7.89. The Bertz CT molecular complexity index is 1110. The van der Waals surface area contributed by atoms with Gasteiger partial charge in [-0.15, -0.1) is 0 Å². The average Bonchev–Trinajstić information content (AvgIpc) is 2.85. The summed E-state index contributed by atoms with van der Waals surface area (Å²) in [6, 6.07) is 12.7. The second-order valence-electron chi connectivity index (χ2n) is 9.08. The van der Waals surface area contributed by atoms with Crippen molar-refractivity contribution in [2.45, 2.75) is 50.0 Å². The summed E-state index contributed by atoms with van der Waals surface area (Å²) >= 11 is 0. The summed E-state index contributed by atoms with van der Waals surface area (Å²) in [4.78, 5) is 15.2. The van der Waals surface area contributed by atoms with Crippen LogP contribution in [0.4, 0.5) is 17.1 Å². The van der Waals surface area contributed by atoms with Gasteiger partial charge in [0.05, 0.1) is 28.9 Å². The molecule has 2 aliphatic rings. The first-order valence-electron chi connectivity index (χ1n) is 12.0. The van der Waals surface area contributed by atoms with Crippen LogP contribution in [0.2, 0.25) is 0 Å². The molecule has 0 bridgehead atoms. The Morgan fingerprint density at radius 1 is 1.00 bits per heavy atom. The number of anilines is 3. The van der Waals surface area contributed by atoms with Gasteiger partial charge < -0.3 is 20.6 Å². The number of rotatable bonds is 7. The summed E-state index contributed by atoms with van der Waals surface area (Å²) in [5, 5.41) is 15.9. The van der Waals surface area contributed by atoms with E-state index in [1.165, 1.54) is 4.31 Å². The van der Waals surface area contributed by atoms with E-state index in [2.05, 4.69) is 15.5 Å². The molecule has 1 amide bonds. The summed E-state index contributed by atoms with van der Waals surface area (Å²) < 4.78 is 27.6. The number of hydrogen-bond acceptors (Lipinski definition) is 6. The lowest BCUT2D eigenvalue weighted by Gasteiger charge is -2.33. The molecule has 2 aromatic rings. The highest BCUT2D eigenvalue weighted by atomic mass is 32.2. The standard InChI is InChI=1S/C25H34N4O4S/c1-19-9-10-21(34(32,33)29-13-5-2-6-14-29)17-23(19)27-25(31)18-26-22-7-3-4-8-24(22)28-15-11-20(30)12-16-28/h3-4,7-10,17,20,26,30H,2,5-6,11-16,18H2,1H3,(H,27,31). The molecule has 0 atom stereocenters. The van der Waals surface area contributed by atoms with Gasteiger partial charge in [-0.2, -0.15) is 4.31 Å². The van der Waals surface area contributed by atoms with E-state index in [9.17, 15) is 18.3 Å². The Morgan fingerprint density at radius 3 is 2.44 bits per heavy atom. The molecule has 0 spiro atoms. The van der Waals surface area contributed by atoms with E-state index >= 15 is 0 Å². The molecule has 3 N–H and O–H groups in total. The molecule has 2 heterocycles. The summed E-state index contributed by atoms with van der Waals surface area (Å²) in [6.07, 6.45) is 4.01. The zero-order valence-electron chi connectivity index (χ0n) is 19.7. The van der Waals surface area contributed by atoms with Crippen LogP contribution >= 0.6 is 0 Å². The monoisotopic (exact) mass is 486 g/mol. The van der Waals surface area contributed by atoms with Gasteiger partial charge >= 0.3 is 0 Å². The summed E-state index contributed by atoms with van der Waals surface area (Å²) in [7, 11) is -3.57. The molecule has 0 aromatic heterocycles. The minimum Gasteiger partial charge on any atom is -0.393 e. The molecule has 34 heavy (non-hydrogen) atoms. The first kappa shape index (κ1) is 24.5.